The van der Waals surface area contributed by atoms with Crippen LogP contribution >= 0.6 is 11.6 Å². The summed E-state index contributed by atoms with van der Waals surface area (Å²) in [5.74, 6) is 0. The molecule has 0 amide bonds. The molecular weight excluding hydrogens is 306 g/mol. The second-order valence-corrected chi connectivity index (χ2v) is 6.79. The number of fused-ring (bicyclic) bond motifs is 6. The fourth-order valence-electron chi connectivity index (χ4n) is 3.88. The van der Waals surface area contributed by atoms with Gasteiger partial charge in [-0.1, -0.05) is 60.1 Å². The van der Waals surface area contributed by atoms with E-state index in [1.165, 1.54) is 27.6 Å². The molecule has 114 valence electrons. The van der Waals surface area contributed by atoms with E-state index in [-0.39, 0.29) is 12.1 Å². The number of nitrogens with zero attached hydrogens (tertiary/aromatic N) is 1. The molecule has 0 aromatic heterocycles. The summed E-state index contributed by atoms with van der Waals surface area (Å²) in [7, 11) is 0. The minimum absolute atomic E-state index is 0.254. The number of anilines is 1. The minimum Gasteiger partial charge on any atom is -0.269 e. The van der Waals surface area contributed by atoms with Gasteiger partial charge in [0.05, 0.1) is 17.8 Å². The fourth-order valence-corrected chi connectivity index (χ4v) is 4.00. The number of hydrogen-bond donors (Lipinski definition) is 0. The van der Waals surface area contributed by atoms with Gasteiger partial charge in [0.1, 0.15) is 0 Å². The average Bonchev–Trinajstić information content (AvgIpc) is 2.92. The van der Waals surface area contributed by atoms with Crippen molar-refractivity contribution < 1.29 is 4.84 Å². The van der Waals surface area contributed by atoms with E-state index in [4.69, 9.17) is 16.4 Å². The molecule has 2 atom stereocenters. The maximum atomic E-state index is 6.23. The van der Waals surface area contributed by atoms with E-state index >= 15 is 0 Å². The Labute approximate surface area is 140 Å². The highest BCUT2D eigenvalue weighted by molar-refractivity contribution is 6.30. The Balaban J connectivity index is 1.68. The quantitative estimate of drug-likeness (QED) is 0.603. The maximum absolute atomic E-state index is 6.23. The lowest BCUT2D eigenvalue weighted by Crippen LogP contribution is -2.27. The highest BCUT2D eigenvalue weighted by atomic mass is 35.5. The van der Waals surface area contributed by atoms with Crippen LogP contribution in [0.4, 0.5) is 5.69 Å². The number of rotatable bonds is 1. The zero-order valence-corrected chi connectivity index (χ0v) is 13.3. The van der Waals surface area contributed by atoms with Gasteiger partial charge in [0.15, 0.2) is 0 Å². The summed E-state index contributed by atoms with van der Waals surface area (Å²) in [6.07, 6.45) is 2.27. The summed E-state index contributed by atoms with van der Waals surface area (Å²) in [5, 5.41) is 5.44. The Morgan fingerprint density at radius 2 is 1.78 bits per heavy atom. The lowest BCUT2D eigenvalue weighted by atomic mass is 9.99. The molecule has 0 saturated carbocycles. The Kier molecular flexibility index (Phi) is 2.91. The highest BCUT2D eigenvalue weighted by Crippen LogP contribution is 2.47. The number of benzene rings is 3. The molecule has 0 N–H and O–H groups in total. The normalized spacial score (nSPS) is 22.4. The molecular formula is C20H16ClNO. The number of hydroxylamine groups is 1. The lowest BCUT2D eigenvalue weighted by molar-refractivity contribution is 0.0741. The van der Waals surface area contributed by atoms with E-state index in [0.717, 1.165) is 17.9 Å². The summed E-state index contributed by atoms with van der Waals surface area (Å²) in [6, 6.07) is 21.4. The van der Waals surface area contributed by atoms with Gasteiger partial charge in [-0.3, -0.25) is 4.84 Å². The zero-order chi connectivity index (χ0) is 15.4. The molecule has 23 heavy (non-hydrogen) atoms. The van der Waals surface area contributed by atoms with Gasteiger partial charge in [0, 0.05) is 23.3 Å². The van der Waals surface area contributed by atoms with Crippen LogP contribution in [0.15, 0.2) is 60.7 Å². The Bertz CT molecular complexity index is 890. The molecule has 2 heterocycles. The van der Waals surface area contributed by atoms with E-state index in [2.05, 4.69) is 53.6 Å². The largest absolute Gasteiger partial charge is 0.269 e. The molecule has 0 radical (unpaired) electrons. The molecule has 0 spiro atoms. The molecule has 3 aromatic carbocycles. The summed E-state index contributed by atoms with van der Waals surface area (Å²) < 4.78 is 0. The molecule has 0 aliphatic carbocycles. The molecule has 1 saturated heterocycles. The first-order chi connectivity index (χ1) is 11.3. The number of hydrogen-bond acceptors (Lipinski definition) is 2. The Hall–Kier alpha value is -2.03. The second kappa shape index (κ2) is 4.98. The van der Waals surface area contributed by atoms with E-state index < -0.39 is 0 Å². The predicted octanol–water partition coefficient (Wildman–Crippen LogP) is 5.30. The monoisotopic (exact) mass is 321 g/mol. The average molecular weight is 322 g/mol. The van der Waals surface area contributed by atoms with Gasteiger partial charge in [-0.15, -0.1) is 0 Å². The molecule has 1 fully saturated rings. The van der Waals surface area contributed by atoms with Crippen molar-refractivity contribution in [2.24, 2.45) is 0 Å². The van der Waals surface area contributed by atoms with Crippen molar-refractivity contribution in [1.82, 2.24) is 0 Å². The summed E-state index contributed by atoms with van der Waals surface area (Å²) in [6.45, 7) is 0. The molecule has 2 aliphatic rings. The molecule has 2 nitrogen and oxygen atoms in total. The van der Waals surface area contributed by atoms with E-state index in [9.17, 15) is 0 Å². The van der Waals surface area contributed by atoms with Crippen LogP contribution in [0.2, 0.25) is 5.02 Å². The molecule has 3 heteroatoms. The van der Waals surface area contributed by atoms with Crippen LogP contribution in [0.25, 0.3) is 10.8 Å². The SMILES string of the molecule is Clc1ccc([C@@H]2C[C@H]3Cc4ccc5ccccc5c4N2O3)cc1. The van der Waals surface area contributed by atoms with Gasteiger partial charge in [0.25, 0.3) is 0 Å². The van der Waals surface area contributed by atoms with Crippen LogP contribution in [0, 0.1) is 0 Å². The van der Waals surface area contributed by atoms with Gasteiger partial charge in [-0.25, -0.2) is 5.06 Å². The van der Waals surface area contributed by atoms with Crippen molar-refractivity contribution >= 4 is 28.1 Å². The van der Waals surface area contributed by atoms with Gasteiger partial charge >= 0.3 is 0 Å². The summed E-state index contributed by atoms with van der Waals surface area (Å²) in [4.78, 5) is 6.23. The van der Waals surface area contributed by atoms with E-state index in [1.807, 2.05) is 12.1 Å². The molecule has 2 aliphatic heterocycles. The van der Waals surface area contributed by atoms with Crippen molar-refractivity contribution in [3.8, 4) is 0 Å². The van der Waals surface area contributed by atoms with Gasteiger partial charge in [-0.05, 0) is 28.6 Å². The fraction of sp³-hybridized carbons (Fsp3) is 0.200. The van der Waals surface area contributed by atoms with Crippen LogP contribution in [-0.2, 0) is 11.3 Å². The molecule has 2 bridgehead atoms. The molecule has 5 rings (SSSR count). The van der Waals surface area contributed by atoms with Gasteiger partial charge in [-0.2, -0.15) is 0 Å². The third kappa shape index (κ3) is 2.06. The van der Waals surface area contributed by atoms with Crippen LogP contribution in [0.3, 0.4) is 0 Å². The van der Waals surface area contributed by atoms with Gasteiger partial charge < -0.3 is 0 Å². The number of halogens is 1. The highest BCUT2D eigenvalue weighted by Gasteiger charge is 2.40. The maximum Gasteiger partial charge on any atom is 0.0921 e. The topological polar surface area (TPSA) is 12.5 Å². The molecule has 0 unspecified atom stereocenters. The van der Waals surface area contributed by atoms with Crippen molar-refractivity contribution in [3.05, 3.63) is 76.8 Å². The smallest absolute Gasteiger partial charge is 0.0921 e. The molecule has 3 aromatic rings. The second-order valence-electron chi connectivity index (χ2n) is 6.35. The first kappa shape index (κ1) is 13.4. The van der Waals surface area contributed by atoms with Crippen molar-refractivity contribution in [2.75, 3.05) is 5.06 Å². The predicted molar refractivity (Wildman–Crippen MR) is 93.8 cm³/mol. The zero-order valence-electron chi connectivity index (χ0n) is 12.6. The van der Waals surface area contributed by atoms with Crippen LogP contribution in [0.1, 0.15) is 23.6 Å². The summed E-state index contributed by atoms with van der Waals surface area (Å²) >= 11 is 6.04. The third-order valence-electron chi connectivity index (χ3n) is 4.94. The first-order valence-corrected chi connectivity index (χ1v) is 8.39. The van der Waals surface area contributed by atoms with Crippen molar-refractivity contribution in [2.45, 2.75) is 25.0 Å². The van der Waals surface area contributed by atoms with Gasteiger partial charge in [0.2, 0.25) is 0 Å². The van der Waals surface area contributed by atoms with E-state index in [1.54, 1.807) is 0 Å². The standard InChI is InChI=1S/C20H16ClNO/c21-16-9-7-14(8-10-16)19-12-17-11-15-6-5-13-3-1-2-4-18(13)20(15)22(19)23-17/h1-10,17,19H,11-12H2/t17-,19+/m1/s1. The van der Waals surface area contributed by atoms with Crippen LogP contribution in [0.5, 0.6) is 0 Å². The lowest BCUT2D eigenvalue weighted by Gasteiger charge is -2.31. The van der Waals surface area contributed by atoms with Crippen LogP contribution < -0.4 is 5.06 Å². The Morgan fingerprint density at radius 3 is 2.65 bits per heavy atom. The van der Waals surface area contributed by atoms with Crippen LogP contribution in [-0.4, -0.2) is 6.10 Å². The first-order valence-electron chi connectivity index (χ1n) is 8.02. The third-order valence-corrected chi connectivity index (χ3v) is 5.19. The Morgan fingerprint density at radius 1 is 0.957 bits per heavy atom. The van der Waals surface area contributed by atoms with E-state index in [0.29, 0.717) is 0 Å². The van der Waals surface area contributed by atoms with Crippen molar-refractivity contribution in [1.29, 1.82) is 0 Å². The van der Waals surface area contributed by atoms with Crippen molar-refractivity contribution in [3.63, 3.8) is 0 Å². The minimum atomic E-state index is 0.254. The summed E-state index contributed by atoms with van der Waals surface area (Å²) in [5.41, 5.74) is 3.88.